The van der Waals surface area contributed by atoms with Crippen molar-refractivity contribution >= 4 is 27.3 Å². The summed E-state index contributed by atoms with van der Waals surface area (Å²) in [5.41, 5.74) is 11.3. The molecule has 2 N–H and O–H groups in total. The molecule has 0 fully saturated rings. The van der Waals surface area contributed by atoms with E-state index in [2.05, 4.69) is 58.7 Å². The summed E-state index contributed by atoms with van der Waals surface area (Å²) < 4.78 is 1.10. The minimum Gasteiger partial charge on any atom is -0.320 e. The lowest BCUT2D eigenvalue weighted by atomic mass is 9.95. The minimum absolute atomic E-state index is 0.0412. The van der Waals surface area contributed by atoms with Crippen molar-refractivity contribution in [3.63, 3.8) is 0 Å². The number of aryl methyl sites for hydroxylation is 1. The van der Waals surface area contributed by atoms with Crippen LogP contribution in [0, 0.1) is 13.8 Å². The summed E-state index contributed by atoms with van der Waals surface area (Å²) in [6.07, 6.45) is 0. The molecule has 0 radical (unpaired) electrons. The summed E-state index contributed by atoms with van der Waals surface area (Å²) in [4.78, 5) is 0. The lowest BCUT2D eigenvalue weighted by molar-refractivity contribution is 0.859. The van der Waals surface area contributed by atoms with E-state index in [4.69, 9.17) is 5.73 Å². The Bertz CT molecular complexity index is 504. The highest BCUT2D eigenvalue weighted by Crippen LogP contribution is 2.31. The van der Waals surface area contributed by atoms with Gasteiger partial charge in [0.25, 0.3) is 0 Å². The molecule has 16 heavy (non-hydrogen) atoms. The number of halogens is 1. The Hall–Kier alpha value is -0.640. The molecule has 2 aromatic rings. The van der Waals surface area contributed by atoms with E-state index in [1.807, 2.05) is 0 Å². The topological polar surface area (TPSA) is 26.0 Å². The van der Waals surface area contributed by atoms with Crippen molar-refractivity contribution in [3.05, 3.63) is 55.7 Å². The first kappa shape index (κ1) is 11.8. The molecule has 0 aliphatic rings. The van der Waals surface area contributed by atoms with E-state index in [9.17, 15) is 0 Å². The van der Waals surface area contributed by atoms with Gasteiger partial charge in [-0.1, -0.05) is 18.2 Å². The van der Waals surface area contributed by atoms with Gasteiger partial charge < -0.3 is 5.73 Å². The van der Waals surface area contributed by atoms with Crippen molar-refractivity contribution in [1.82, 2.24) is 0 Å². The number of hydrogen-bond acceptors (Lipinski definition) is 2. The van der Waals surface area contributed by atoms with Gasteiger partial charge in [-0.25, -0.2) is 0 Å². The zero-order valence-electron chi connectivity index (χ0n) is 9.33. The van der Waals surface area contributed by atoms with E-state index in [0.717, 1.165) is 4.47 Å². The van der Waals surface area contributed by atoms with E-state index in [-0.39, 0.29) is 6.04 Å². The third-order valence-electron chi connectivity index (χ3n) is 2.96. The second-order valence-electron chi connectivity index (χ2n) is 3.94. The van der Waals surface area contributed by atoms with Gasteiger partial charge in [0, 0.05) is 9.85 Å². The third kappa shape index (κ3) is 2.08. The van der Waals surface area contributed by atoms with Gasteiger partial charge in [-0.2, -0.15) is 11.3 Å². The van der Waals surface area contributed by atoms with E-state index < -0.39 is 0 Å². The van der Waals surface area contributed by atoms with Gasteiger partial charge in [0.05, 0.1) is 6.04 Å². The van der Waals surface area contributed by atoms with Crippen LogP contribution in [0.15, 0.2) is 33.4 Å². The molecule has 0 spiro atoms. The molecule has 0 saturated carbocycles. The number of rotatable bonds is 2. The van der Waals surface area contributed by atoms with Crippen LogP contribution in [0.4, 0.5) is 0 Å². The van der Waals surface area contributed by atoms with Crippen LogP contribution in [0.5, 0.6) is 0 Å². The van der Waals surface area contributed by atoms with Crippen LogP contribution in [0.3, 0.4) is 0 Å². The van der Waals surface area contributed by atoms with Crippen LogP contribution in [0.25, 0.3) is 0 Å². The molecular formula is C13H14BrNS. The maximum Gasteiger partial charge on any atom is 0.0573 e. The van der Waals surface area contributed by atoms with Crippen LogP contribution < -0.4 is 5.73 Å². The Kier molecular flexibility index (Phi) is 3.47. The third-order valence-corrected chi connectivity index (χ3v) is 4.71. The zero-order valence-corrected chi connectivity index (χ0v) is 11.7. The van der Waals surface area contributed by atoms with Crippen LogP contribution in [-0.4, -0.2) is 0 Å². The molecule has 1 atom stereocenters. The number of benzene rings is 1. The van der Waals surface area contributed by atoms with Crippen molar-refractivity contribution in [2.24, 2.45) is 5.73 Å². The molecular weight excluding hydrogens is 282 g/mol. The lowest BCUT2D eigenvalue weighted by Gasteiger charge is -2.16. The fourth-order valence-corrected chi connectivity index (χ4v) is 3.37. The van der Waals surface area contributed by atoms with Crippen molar-refractivity contribution in [3.8, 4) is 0 Å². The fourth-order valence-electron chi connectivity index (χ4n) is 1.79. The minimum atomic E-state index is -0.0412. The van der Waals surface area contributed by atoms with Gasteiger partial charge in [-0.15, -0.1) is 0 Å². The van der Waals surface area contributed by atoms with Crippen molar-refractivity contribution < 1.29 is 0 Å². The zero-order chi connectivity index (χ0) is 11.7. The Morgan fingerprint density at radius 3 is 2.56 bits per heavy atom. The van der Waals surface area contributed by atoms with Crippen molar-refractivity contribution in [2.45, 2.75) is 19.9 Å². The maximum atomic E-state index is 6.31. The summed E-state index contributed by atoms with van der Waals surface area (Å²) in [5, 5.41) is 4.18. The first-order valence-electron chi connectivity index (χ1n) is 5.14. The molecule has 0 saturated heterocycles. The standard InChI is InChI=1S/C13H14BrNS/c1-8-4-3-5-10(9(8)2)13(15)11-6-16-7-12(11)14/h3-7,13H,15H2,1-2H3. The molecule has 0 aliphatic carbocycles. The molecule has 0 aliphatic heterocycles. The monoisotopic (exact) mass is 295 g/mol. The van der Waals surface area contributed by atoms with E-state index >= 15 is 0 Å². The van der Waals surface area contributed by atoms with Gasteiger partial charge >= 0.3 is 0 Å². The summed E-state index contributed by atoms with van der Waals surface area (Å²) in [6, 6.07) is 6.25. The smallest absolute Gasteiger partial charge is 0.0573 e. The predicted molar refractivity (Wildman–Crippen MR) is 74.0 cm³/mol. The van der Waals surface area contributed by atoms with Crippen molar-refractivity contribution in [2.75, 3.05) is 0 Å². The van der Waals surface area contributed by atoms with Gasteiger partial charge in [-0.3, -0.25) is 0 Å². The summed E-state index contributed by atoms with van der Waals surface area (Å²) in [5.74, 6) is 0. The SMILES string of the molecule is Cc1cccc(C(N)c2cscc2Br)c1C. The normalized spacial score (nSPS) is 12.8. The Labute approximate surface area is 108 Å². The molecule has 1 aromatic heterocycles. The van der Waals surface area contributed by atoms with Gasteiger partial charge in [0.2, 0.25) is 0 Å². The predicted octanol–water partition coefficient (Wildman–Crippen LogP) is 4.18. The second kappa shape index (κ2) is 4.70. The van der Waals surface area contributed by atoms with E-state index in [1.54, 1.807) is 11.3 Å². The molecule has 1 heterocycles. The van der Waals surface area contributed by atoms with Crippen LogP contribution in [0.1, 0.15) is 28.3 Å². The Balaban J connectivity index is 2.46. The first-order valence-corrected chi connectivity index (χ1v) is 6.88. The average molecular weight is 296 g/mol. The molecule has 2 rings (SSSR count). The second-order valence-corrected chi connectivity index (χ2v) is 5.54. The summed E-state index contributed by atoms with van der Waals surface area (Å²) >= 11 is 5.21. The highest BCUT2D eigenvalue weighted by atomic mass is 79.9. The Morgan fingerprint density at radius 1 is 1.19 bits per heavy atom. The number of hydrogen-bond donors (Lipinski definition) is 1. The summed E-state index contributed by atoms with van der Waals surface area (Å²) in [6.45, 7) is 4.25. The Morgan fingerprint density at radius 2 is 1.94 bits per heavy atom. The van der Waals surface area contributed by atoms with Gasteiger partial charge in [0.1, 0.15) is 0 Å². The highest BCUT2D eigenvalue weighted by molar-refractivity contribution is 9.10. The molecule has 1 unspecified atom stereocenters. The molecule has 0 bridgehead atoms. The quantitative estimate of drug-likeness (QED) is 0.884. The van der Waals surface area contributed by atoms with E-state index in [1.165, 1.54) is 22.3 Å². The summed E-state index contributed by atoms with van der Waals surface area (Å²) in [7, 11) is 0. The number of thiophene rings is 1. The molecule has 1 aromatic carbocycles. The van der Waals surface area contributed by atoms with Crippen LogP contribution >= 0.6 is 27.3 Å². The molecule has 0 amide bonds. The highest BCUT2D eigenvalue weighted by Gasteiger charge is 2.15. The molecule has 3 heteroatoms. The van der Waals surface area contributed by atoms with E-state index in [0.29, 0.717) is 0 Å². The van der Waals surface area contributed by atoms with Gasteiger partial charge in [-0.05, 0) is 57.4 Å². The molecule has 84 valence electrons. The molecule has 1 nitrogen and oxygen atoms in total. The lowest BCUT2D eigenvalue weighted by Crippen LogP contribution is -2.13. The largest absolute Gasteiger partial charge is 0.320 e. The first-order chi connectivity index (χ1) is 7.61. The van der Waals surface area contributed by atoms with Crippen molar-refractivity contribution in [1.29, 1.82) is 0 Å². The fraction of sp³-hybridized carbons (Fsp3) is 0.231. The maximum absolute atomic E-state index is 6.31. The van der Waals surface area contributed by atoms with Crippen LogP contribution in [-0.2, 0) is 0 Å². The average Bonchev–Trinajstić information content (AvgIpc) is 2.68. The van der Waals surface area contributed by atoms with Crippen LogP contribution in [0.2, 0.25) is 0 Å². The number of nitrogens with two attached hydrogens (primary N) is 1. The van der Waals surface area contributed by atoms with Gasteiger partial charge in [0.15, 0.2) is 0 Å².